The maximum Gasteiger partial charge on any atom is 0.352 e. The monoisotopic (exact) mass is 487 g/mol. The van der Waals surface area contributed by atoms with E-state index in [4.69, 9.17) is 14.2 Å². The number of carbonyl (C=O) groups excluding carboxylic acids is 2. The molecule has 2 N–H and O–H groups in total. The summed E-state index contributed by atoms with van der Waals surface area (Å²) in [5.41, 5.74) is -0.641. The molecule has 180 valence electrons. The van der Waals surface area contributed by atoms with Gasteiger partial charge in [0.2, 0.25) is 0 Å². The second kappa shape index (κ2) is 13.7. The lowest BCUT2D eigenvalue weighted by atomic mass is 10.3. The molecule has 0 aliphatic heterocycles. The minimum Gasteiger partial charge on any atom is -0.457 e. The van der Waals surface area contributed by atoms with Crippen molar-refractivity contribution in [3.63, 3.8) is 0 Å². The number of nitrogens with zero attached hydrogens (tertiary/aromatic N) is 3. The van der Waals surface area contributed by atoms with Crippen LogP contribution in [0.2, 0.25) is 0 Å². The summed E-state index contributed by atoms with van der Waals surface area (Å²) < 4.78 is 16.7. The number of hydrogen-bond acceptors (Lipinski definition) is 10. The van der Waals surface area contributed by atoms with Gasteiger partial charge in [-0.15, -0.1) is 11.3 Å². The summed E-state index contributed by atoms with van der Waals surface area (Å²) >= 11 is 0.974. The number of anilines is 2. The first-order valence-electron chi connectivity index (χ1n) is 10.2. The minimum absolute atomic E-state index is 0.0515. The fourth-order valence-electron chi connectivity index (χ4n) is 2.59. The molecule has 0 aliphatic rings. The van der Waals surface area contributed by atoms with Crippen LogP contribution in [0.5, 0.6) is 0 Å². The highest BCUT2D eigenvalue weighted by molar-refractivity contribution is 7.07. The number of nitriles is 1. The number of rotatable bonds is 12. The second-order valence-electron chi connectivity index (χ2n) is 6.49. The molecule has 0 spiro atoms. The van der Waals surface area contributed by atoms with Gasteiger partial charge in [0.1, 0.15) is 40.1 Å². The van der Waals surface area contributed by atoms with Crippen molar-refractivity contribution < 1.29 is 23.8 Å². The molecule has 34 heavy (non-hydrogen) atoms. The van der Waals surface area contributed by atoms with Crippen LogP contribution < -0.4 is 25.4 Å². The topological polar surface area (TPSA) is 145 Å². The highest BCUT2D eigenvalue weighted by Gasteiger charge is 2.16. The van der Waals surface area contributed by atoms with Gasteiger partial charge in [-0.05, 0) is 19.1 Å². The average molecular weight is 488 g/mol. The summed E-state index contributed by atoms with van der Waals surface area (Å²) in [4.78, 5) is 41.2. The molecule has 0 unspecified atom stereocenters. The summed E-state index contributed by atoms with van der Waals surface area (Å²) in [7, 11) is 1.54. The van der Waals surface area contributed by atoms with E-state index in [0.29, 0.717) is 24.8 Å². The van der Waals surface area contributed by atoms with Gasteiger partial charge in [-0.1, -0.05) is 18.7 Å². The fraction of sp³-hybridized carbons (Fsp3) is 0.318. The van der Waals surface area contributed by atoms with Crippen LogP contribution in [-0.4, -0.2) is 55.0 Å². The number of pyridine rings is 1. The molecule has 0 saturated heterocycles. The molecule has 1 amide bonds. The van der Waals surface area contributed by atoms with Crippen molar-refractivity contribution in [2.24, 2.45) is 0 Å². The summed E-state index contributed by atoms with van der Waals surface area (Å²) in [6.45, 7) is 5.93. The summed E-state index contributed by atoms with van der Waals surface area (Å²) in [5.74, 6) is -0.546. The molecule has 0 aromatic carbocycles. The molecule has 2 heterocycles. The highest BCUT2D eigenvalue weighted by Crippen LogP contribution is 2.09. The second-order valence-corrected chi connectivity index (χ2v) is 7.52. The molecule has 0 bridgehead atoms. The number of thiazole rings is 1. The van der Waals surface area contributed by atoms with Gasteiger partial charge in [-0.2, -0.15) is 5.26 Å². The number of ether oxygens (including phenoxy) is 3. The third-order valence-corrected chi connectivity index (χ3v) is 5.25. The van der Waals surface area contributed by atoms with Gasteiger partial charge < -0.3 is 24.8 Å². The Hall–Kier alpha value is -3.79. The van der Waals surface area contributed by atoms with Crippen molar-refractivity contribution in [2.75, 3.05) is 44.2 Å². The predicted molar refractivity (Wildman–Crippen MR) is 127 cm³/mol. The third-order valence-electron chi connectivity index (χ3n) is 4.12. The zero-order chi connectivity index (χ0) is 24.9. The van der Waals surface area contributed by atoms with E-state index in [0.717, 1.165) is 11.3 Å². The zero-order valence-corrected chi connectivity index (χ0v) is 19.6. The van der Waals surface area contributed by atoms with Crippen LogP contribution >= 0.6 is 11.3 Å². The van der Waals surface area contributed by atoms with E-state index in [1.807, 2.05) is 6.07 Å². The lowest BCUT2D eigenvalue weighted by molar-refractivity contribution is -0.135. The van der Waals surface area contributed by atoms with E-state index in [9.17, 15) is 19.6 Å². The van der Waals surface area contributed by atoms with Crippen LogP contribution in [0.1, 0.15) is 6.92 Å². The molecule has 12 heteroatoms. The predicted octanol–water partition coefficient (Wildman–Crippen LogP) is 0.180. The van der Waals surface area contributed by atoms with E-state index in [1.54, 1.807) is 25.1 Å². The first-order chi connectivity index (χ1) is 16.4. The van der Waals surface area contributed by atoms with E-state index in [2.05, 4.69) is 22.2 Å². The average Bonchev–Trinajstić information content (AvgIpc) is 3.14. The molecule has 0 radical (unpaired) electrons. The normalized spacial score (nSPS) is 12.0. The smallest absolute Gasteiger partial charge is 0.352 e. The van der Waals surface area contributed by atoms with Gasteiger partial charge in [0.05, 0.1) is 13.2 Å². The number of aromatic nitrogens is 2. The van der Waals surface area contributed by atoms with E-state index in [-0.39, 0.29) is 46.0 Å². The standard InChI is InChI=1S/C22H25N5O6S/c1-4-9-33-22(30)15(12-23)21-27(5-2)20(29)16(34-21)13-24-17-7-6-8-18(25-17)26-19(28)14-32-11-10-31-3/h4,6-8,13H,1,5,9-11,14H2,2-3H3,(H2,24,25,26,28). The SMILES string of the molecule is C=CCOC(=O)C(C#N)=c1sc(=CNc2cccc(NC(=O)COCCOC)n2)c(=O)n1CC. The Kier molecular flexibility index (Phi) is 10.7. The summed E-state index contributed by atoms with van der Waals surface area (Å²) in [6.07, 6.45) is 2.81. The first kappa shape index (κ1) is 26.5. The first-order valence-corrected chi connectivity index (χ1v) is 11.0. The molecule has 0 aliphatic carbocycles. The Bertz CT molecular complexity index is 1240. The van der Waals surface area contributed by atoms with E-state index >= 15 is 0 Å². The van der Waals surface area contributed by atoms with Gasteiger partial charge in [-0.3, -0.25) is 14.2 Å². The van der Waals surface area contributed by atoms with Crippen molar-refractivity contribution in [2.45, 2.75) is 13.5 Å². The number of esters is 1. The van der Waals surface area contributed by atoms with Crippen LogP contribution in [-0.2, 0) is 30.3 Å². The fourth-order valence-corrected chi connectivity index (χ4v) is 3.67. The van der Waals surface area contributed by atoms with Crippen LogP contribution in [0.15, 0.2) is 35.6 Å². The van der Waals surface area contributed by atoms with Gasteiger partial charge in [0.25, 0.3) is 11.5 Å². The lowest BCUT2D eigenvalue weighted by Crippen LogP contribution is -2.32. The Morgan fingerprint density at radius 2 is 2.09 bits per heavy atom. The number of hydrogen-bond donors (Lipinski definition) is 2. The van der Waals surface area contributed by atoms with Gasteiger partial charge in [-0.25, -0.2) is 9.78 Å². The van der Waals surface area contributed by atoms with Crippen LogP contribution in [0, 0.1) is 11.3 Å². The number of amides is 1. The Morgan fingerprint density at radius 1 is 1.32 bits per heavy atom. The van der Waals surface area contributed by atoms with Crippen molar-refractivity contribution >= 4 is 46.6 Å². The Balaban J connectivity index is 2.25. The third kappa shape index (κ3) is 7.38. The Morgan fingerprint density at radius 3 is 2.76 bits per heavy atom. The number of carbonyl (C=O) groups is 2. The Labute approximate surface area is 199 Å². The molecule has 2 aromatic rings. The number of nitrogens with one attached hydrogen (secondary N) is 2. The van der Waals surface area contributed by atoms with Crippen molar-refractivity contribution in [3.8, 4) is 6.07 Å². The molecule has 0 fully saturated rings. The maximum absolute atomic E-state index is 12.8. The molecular formula is C22H25N5O6S. The molecule has 11 nitrogen and oxygen atoms in total. The lowest BCUT2D eigenvalue weighted by Gasteiger charge is -2.07. The van der Waals surface area contributed by atoms with Crippen LogP contribution in [0.3, 0.4) is 0 Å². The quantitative estimate of drug-likeness (QED) is 0.243. The molecular weight excluding hydrogens is 462 g/mol. The molecule has 0 atom stereocenters. The molecule has 2 aromatic heterocycles. The van der Waals surface area contributed by atoms with E-state index in [1.165, 1.54) is 24.0 Å². The summed E-state index contributed by atoms with van der Waals surface area (Å²) in [6, 6.07) is 6.74. The van der Waals surface area contributed by atoms with Crippen molar-refractivity contribution in [1.82, 2.24) is 9.55 Å². The molecule has 0 saturated carbocycles. The van der Waals surface area contributed by atoms with Crippen molar-refractivity contribution in [3.05, 3.63) is 50.4 Å². The highest BCUT2D eigenvalue weighted by atomic mass is 32.1. The van der Waals surface area contributed by atoms with Crippen LogP contribution in [0.4, 0.5) is 11.6 Å². The minimum atomic E-state index is -0.832. The summed E-state index contributed by atoms with van der Waals surface area (Å²) in [5, 5.41) is 15.0. The van der Waals surface area contributed by atoms with Gasteiger partial charge in [0, 0.05) is 19.9 Å². The van der Waals surface area contributed by atoms with Crippen molar-refractivity contribution in [1.29, 1.82) is 5.26 Å². The van der Waals surface area contributed by atoms with Gasteiger partial charge in [0.15, 0.2) is 5.57 Å². The maximum atomic E-state index is 12.8. The zero-order valence-electron chi connectivity index (χ0n) is 18.8. The largest absolute Gasteiger partial charge is 0.457 e. The van der Waals surface area contributed by atoms with Crippen LogP contribution in [0.25, 0.3) is 11.8 Å². The molecule has 2 rings (SSSR count). The van der Waals surface area contributed by atoms with Gasteiger partial charge >= 0.3 is 5.97 Å². The van der Waals surface area contributed by atoms with E-state index < -0.39 is 5.97 Å². The number of methoxy groups -OCH3 is 1.